The first-order valence-corrected chi connectivity index (χ1v) is 5.71. The molecule has 0 heterocycles. The van der Waals surface area contributed by atoms with Crippen molar-refractivity contribution in [3.05, 3.63) is 29.8 Å². The third kappa shape index (κ3) is 3.51. The van der Waals surface area contributed by atoms with Gasteiger partial charge in [0.05, 0.1) is 6.61 Å². The Balaban J connectivity index is 2.64. The molecule has 90 valence electrons. The van der Waals surface area contributed by atoms with Gasteiger partial charge in [0.25, 0.3) is 0 Å². The van der Waals surface area contributed by atoms with Crippen molar-refractivity contribution in [2.75, 3.05) is 13.7 Å². The highest BCUT2D eigenvalue weighted by Gasteiger charge is 2.13. The number of hydrogen-bond donors (Lipinski definition) is 2. The predicted molar refractivity (Wildman–Crippen MR) is 65.6 cm³/mol. The highest BCUT2D eigenvalue weighted by atomic mass is 16.5. The van der Waals surface area contributed by atoms with Gasteiger partial charge in [-0.1, -0.05) is 25.1 Å². The van der Waals surface area contributed by atoms with E-state index in [1.54, 1.807) is 13.2 Å². The molecular weight excluding hydrogens is 202 g/mol. The summed E-state index contributed by atoms with van der Waals surface area (Å²) in [6.07, 6.45) is 1.01. The zero-order valence-corrected chi connectivity index (χ0v) is 10.2. The van der Waals surface area contributed by atoms with E-state index < -0.39 is 0 Å². The molecule has 0 aliphatic heterocycles. The van der Waals surface area contributed by atoms with Gasteiger partial charge < -0.3 is 15.2 Å². The van der Waals surface area contributed by atoms with E-state index in [0.717, 1.165) is 12.0 Å². The summed E-state index contributed by atoms with van der Waals surface area (Å²) >= 11 is 0. The van der Waals surface area contributed by atoms with Gasteiger partial charge in [-0.25, -0.2) is 0 Å². The number of hydrogen-bond acceptors (Lipinski definition) is 3. The average Bonchev–Trinajstić information content (AvgIpc) is 2.28. The lowest BCUT2D eigenvalue weighted by Crippen LogP contribution is -2.34. The summed E-state index contributed by atoms with van der Waals surface area (Å²) in [5, 5.41) is 13.2. The van der Waals surface area contributed by atoms with Crippen molar-refractivity contribution in [1.82, 2.24) is 5.32 Å². The van der Waals surface area contributed by atoms with Crippen molar-refractivity contribution in [1.29, 1.82) is 0 Å². The lowest BCUT2D eigenvalue weighted by molar-refractivity contribution is 0.159. The molecule has 0 radical (unpaired) electrons. The van der Waals surface area contributed by atoms with E-state index in [1.807, 2.05) is 25.1 Å². The van der Waals surface area contributed by atoms with Crippen LogP contribution < -0.4 is 5.32 Å². The molecule has 3 heteroatoms. The number of nitrogens with one attached hydrogen (secondary N) is 1. The Bertz CT molecular complexity index is 315. The highest BCUT2D eigenvalue weighted by molar-refractivity contribution is 5.34. The molecule has 0 aromatic heterocycles. The summed E-state index contributed by atoms with van der Waals surface area (Å²) in [5.74, 6) is 0.342. The SMILES string of the molecule is CCC(COC)NC(C)c1ccccc1O. The predicted octanol–water partition coefficient (Wildman–Crippen LogP) is 2.47. The molecule has 0 aliphatic rings. The fraction of sp³-hybridized carbons (Fsp3) is 0.538. The molecule has 2 N–H and O–H groups in total. The number of ether oxygens (including phenoxy) is 1. The normalized spacial score (nSPS) is 14.7. The Hall–Kier alpha value is -1.06. The molecule has 2 atom stereocenters. The molecule has 0 amide bonds. The van der Waals surface area contributed by atoms with Gasteiger partial charge in [0, 0.05) is 24.8 Å². The molecule has 1 aromatic carbocycles. The fourth-order valence-electron chi connectivity index (χ4n) is 1.78. The van der Waals surface area contributed by atoms with Crippen molar-refractivity contribution < 1.29 is 9.84 Å². The van der Waals surface area contributed by atoms with Gasteiger partial charge >= 0.3 is 0 Å². The Morgan fingerprint density at radius 1 is 1.38 bits per heavy atom. The van der Waals surface area contributed by atoms with Gasteiger partial charge in [0.2, 0.25) is 0 Å². The minimum Gasteiger partial charge on any atom is -0.508 e. The molecule has 3 nitrogen and oxygen atoms in total. The van der Waals surface area contributed by atoms with Crippen LogP contribution in [0.4, 0.5) is 0 Å². The summed E-state index contributed by atoms with van der Waals surface area (Å²) < 4.78 is 5.14. The van der Waals surface area contributed by atoms with E-state index in [0.29, 0.717) is 18.4 Å². The maximum atomic E-state index is 9.73. The third-order valence-corrected chi connectivity index (χ3v) is 2.75. The number of benzene rings is 1. The molecule has 0 saturated heterocycles. The van der Waals surface area contributed by atoms with E-state index >= 15 is 0 Å². The van der Waals surface area contributed by atoms with Gasteiger partial charge in [-0.3, -0.25) is 0 Å². The van der Waals surface area contributed by atoms with Crippen LogP contribution in [-0.2, 0) is 4.74 Å². The fourth-order valence-corrected chi connectivity index (χ4v) is 1.78. The number of rotatable bonds is 6. The molecule has 0 aliphatic carbocycles. The quantitative estimate of drug-likeness (QED) is 0.778. The summed E-state index contributed by atoms with van der Waals surface area (Å²) in [5.41, 5.74) is 0.928. The standard InChI is InChI=1S/C13H21NO2/c1-4-11(9-16-3)14-10(2)12-7-5-6-8-13(12)15/h5-8,10-11,14-15H,4,9H2,1-3H3. The summed E-state index contributed by atoms with van der Waals surface area (Å²) in [6.45, 7) is 4.86. The zero-order chi connectivity index (χ0) is 12.0. The van der Waals surface area contributed by atoms with Crippen molar-refractivity contribution in [2.45, 2.75) is 32.4 Å². The molecule has 16 heavy (non-hydrogen) atoms. The van der Waals surface area contributed by atoms with E-state index in [9.17, 15) is 5.11 Å². The van der Waals surface area contributed by atoms with Crippen LogP contribution >= 0.6 is 0 Å². The van der Waals surface area contributed by atoms with Crippen LogP contribution in [0.15, 0.2) is 24.3 Å². The number of aromatic hydroxyl groups is 1. The molecule has 0 saturated carbocycles. The van der Waals surface area contributed by atoms with Gasteiger partial charge in [0.1, 0.15) is 5.75 Å². The van der Waals surface area contributed by atoms with Crippen LogP contribution in [0.1, 0.15) is 31.9 Å². The molecular formula is C13H21NO2. The van der Waals surface area contributed by atoms with Crippen LogP contribution in [0.5, 0.6) is 5.75 Å². The largest absolute Gasteiger partial charge is 0.508 e. The number of para-hydroxylation sites is 1. The first kappa shape index (κ1) is 13.0. The molecule has 1 aromatic rings. The van der Waals surface area contributed by atoms with Gasteiger partial charge in [-0.05, 0) is 19.4 Å². The summed E-state index contributed by atoms with van der Waals surface area (Å²) in [7, 11) is 1.70. The minimum absolute atomic E-state index is 0.126. The number of phenolic OH excluding ortho intramolecular Hbond substituents is 1. The second-order valence-corrected chi connectivity index (χ2v) is 4.01. The first-order valence-electron chi connectivity index (χ1n) is 5.71. The zero-order valence-electron chi connectivity index (χ0n) is 10.2. The van der Waals surface area contributed by atoms with E-state index in [4.69, 9.17) is 4.74 Å². The Morgan fingerprint density at radius 3 is 2.62 bits per heavy atom. The minimum atomic E-state index is 0.126. The highest BCUT2D eigenvalue weighted by Crippen LogP contribution is 2.23. The van der Waals surface area contributed by atoms with Crippen molar-refractivity contribution in [2.24, 2.45) is 0 Å². The van der Waals surface area contributed by atoms with E-state index in [-0.39, 0.29) is 6.04 Å². The number of methoxy groups -OCH3 is 1. The Kier molecular flexibility index (Phi) is 5.29. The smallest absolute Gasteiger partial charge is 0.120 e. The van der Waals surface area contributed by atoms with Crippen LogP contribution in [0.2, 0.25) is 0 Å². The number of phenols is 1. The van der Waals surface area contributed by atoms with Crippen LogP contribution in [0, 0.1) is 0 Å². The van der Waals surface area contributed by atoms with Crippen molar-refractivity contribution >= 4 is 0 Å². The van der Waals surface area contributed by atoms with Gasteiger partial charge in [-0.2, -0.15) is 0 Å². The lowest BCUT2D eigenvalue weighted by atomic mass is 10.1. The van der Waals surface area contributed by atoms with Crippen LogP contribution in [0.25, 0.3) is 0 Å². The lowest BCUT2D eigenvalue weighted by Gasteiger charge is -2.22. The van der Waals surface area contributed by atoms with Crippen molar-refractivity contribution in [3.8, 4) is 5.75 Å². The maximum absolute atomic E-state index is 9.73. The molecule has 0 fully saturated rings. The third-order valence-electron chi connectivity index (χ3n) is 2.75. The van der Waals surface area contributed by atoms with Gasteiger partial charge in [-0.15, -0.1) is 0 Å². The molecule has 0 bridgehead atoms. The molecule has 1 rings (SSSR count). The molecule has 2 unspecified atom stereocenters. The van der Waals surface area contributed by atoms with Crippen LogP contribution in [-0.4, -0.2) is 24.9 Å². The average molecular weight is 223 g/mol. The summed E-state index contributed by atoms with van der Waals surface area (Å²) in [4.78, 5) is 0. The maximum Gasteiger partial charge on any atom is 0.120 e. The first-order chi connectivity index (χ1) is 7.69. The van der Waals surface area contributed by atoms with Gasteiger partial charge in [0.15, 0.2) is 0 Å². The van der Waals surface area contributed by atoms with Crippen molar-refractivity contribution in [3.63, 3.8) is 0 Å². The topological polar surface area (TPSA) is 41.5 Å². The molecule has 0 spiro atoms. The second kappa shape index (κ2) is 6.51. The second-order valence-electron chi connectivity index (χ2n) is 4.01. The summed E-state index contributed by atoms with van der Waals surface area (Å²) in [6, 6.07) is 7.86. The van der Waals surface area contributed by atoms with E-state index in [2.05, 4.69) is 12.2 Å². The van der Waals surface area contributed by atoms with E-state index in [1.165, 1.54) is 0 Å². The monoisotopic (exact) mass is 223 g/mol. The van der Waals surface area contributed by atoms with Crippen LogP contribution in [0.3, 0.4) is 0 Å². The Morgan fingerprint density at radius 2 is 2.06 bits per heavy atom. The Labute approximate surface area is 97.4 Å².